The van der Waals surface area contributed by atoms with Gasteiger partial charge in [-0.15, -0.1) is 0 Å². The predicted octanol–water partition coefficient (Wildman–Crippen LogP) is 1.28. The van der Waals surface area contributed by atoms with Gasteiger partial charge >= 0.3 is 0 Å². The highest BCUT2D eigenvalue weighted by Crippen LogP contribution is 2.22. The van der Waals surface area contributed by atoms with Crippen LogP contribution in [0.25, 0.3) is 0 Å². The van der Waals surface area contributed by atoms with Crippen LogP contribution in [-0.2, 0) is 18.4 Å². The number of hydrogen-bond acceptors (Lipinski definition) is 4. The Morgan fingerprint density at radius 2 is 2.30 bits per heavy atom. The van der Waals surface area contributed by atoms with Crippen LogP contribution in [0.5, 0.6) is 0 Å². The van der Waals surface area contributed by atoms with Crippen LogP contribution in [0.15, 0.2) is 35.2 Å². The zero-order valence-corrected chi connectivity index (χ0v) is 13.3. The normalized spacial score (nSPS) is 17.5. The molecule has 0 saturated carbocycles. The van der Waals surface area contributed by atoms with E-state index in [2.05, 4.69) is 5.10 Å². The molecule has 23 heavy (non-hydrogen) atoms. The maximum atomic E-state index is 12.7. The first-order valence-electron chi connectivity index (χ1n) is 7.63. The van der Waals surface area contributed by atoms with Crippen LogP contribution in [0, 0.1) is 0 Å². The van der Waals surface area contributed by atoms with E-state index in [1.165, 1.54) is 6.26 Å². The van der Waals surface area contributed by atoms with Crippen molar-refractivity contribution in [2.45, 2.75) is 25.4 Å². The number of amides is 2. The van der Waals surface area contributed by atoms with Crippen molar-refractivity contribution in [1.29, 1.82) is 0 Å². The summed E-state index contributed by atoms with van der Waals surface area (Å²) in [6.07, 6.45) is 6.59. The molecule has 0 spiro atoms. The molecule has 0 aromatic carbocycles. The highest BCUT2D eigenvalue weighted by atomic mass is 16.3. The van der Waals surface area contributed by atoms with E-state index in [1.54, 1.807) is 39.9 Å². The third-order valence-electron chi connectivity index (χ3n) is 4.09. The number of nitrogens with zero attached hydrogens (tertiary/aromatic N) is 4. The van der Waals surface area contributed by atoms with Crippen LogP contribution in [0.4, 0.5) is 0 Å². The lowest BCUT2D eigenvalue weighted by molar-refractivity contribution is -0.134. The molecule has 0 aliphatic carbocycles. The van der Waals surface area contributed by atoms with Gasteiger partial charge in [-0.05, 0) is 25.0 Å². The minimum Gasteiger partial charge on any atom is -0.459 e. The van der Waals surface area contributed by atoms with E-state index in [0.29, 0.717) is 19.5 Å². The highest BCUT2D eigenvalue weighted by molar-refractivity contribution is 5.95. The number of aryl methyl sites for hydroxylation is 1. The molecule has 0 bridgehead atoms. The smallest absolute Gasteiger partial charge is 0.290 e. The highest BCUT2D eigenvalue weighted by Gasteiger charge is 2.36. The van der Waals surface area contributed by atoms with Crippen molar-refractivity contribution in [3.05, 3.63) is 42.1 Å². The largest absolute Gasteiger partial charge is 0.459 e. The second-order valence-electron chi connectivity index (χ2n) is 5.85. The minimum absolute atomic E-state index is 0.0498. The fourth-order valence-electron chi connectivity index (χ4n) is 2.97. The van der Waals surface area contributed by atoms with Gasteiger partial charge in [0.25, 0.3) is 5.91 Å². The lowest BCUT2D eigenvalue weighted by Crippen LogP contribution is -2.46. The van der Waals surface area contributed by atoms with Crippen molar-refractivity contribution in [2.75, 3.05) is 13.6 Å². The van der Waals surface area contributed by atoms with Crippen molar-refractivity contribution >= 4 is 11.8 Å². The van der Waals surface area contributed by atoms with Gasteiger partial charge in [-0.2, -0.15) is 5.10 Å². The molecule has 7 heteroatoms. The van der Waals surface area contributed by atoms with Crippen LogP contribution in [0.1, 0.15) is 29.0 Å². The molecular formula is C16H20N4O3. The van der Waals surface area contributed by atoms with E-state index < -0.39 is 6.04 Å². The molecule has 3 rings (SSSR count). The quantitative estimate of drug-likeness (QED) is 0.852. The van der Waals surface area contributed by atoms with E-state index in [9.17, 15) is 9.59 Å². The van der Waals surface area contributed by atoms with E-state index >= 15 is 0 Å². The van der Waals surface area contributed by atoms with Gasteiger partial charge in [-0.1, -0.05) is 0 Å². The molecule has 1 saturated heterocycles. The minimum atomic E-state index is -0.422. The second-order valence-corrected chi connectivity index (χ2v) is 5.85. The molecule has 2 aromatic heterocycles. The number of furan rings is 1. The van der Waals surface area contributed by atoms with E-state index in [4.69, 9.17) is 4.42 Å². The summed E-state index contributed by atoms with van der Waals surface area (Å²) in [5.74, 6) is 0.00602. The second kappa shape index (κ2) is 6.28. The van der Waals surface area contributed by atoms with Crippen LogP contribution in [0.2, 0.25) is 0 Å². The monoisotopic (exact) mass is 316 g/mol. The van der Waals surface area contributed by atoms with Crippen molar-refractivity contribution in [2.24, 2.45) is 7.05 Å². The topological polar surface area (TPSA) is 71.6 Å². The molecular weight excluding hydrogens is 296 g/mol. The molecule has 0 radical (unpaired) electrons. The number of aromatic nitrogens is 2. The van der Waals surface area contributed by atoms with Crippen molar-refractivity contribution in [3.8, 4) is 0 Å². The van der Waals surface area contributed by atoms with Gasteiger partial charge in [-0.3, -0.25) is 14.3 Å². The van der Waals surface area contributed by atoms with Crippen LogP contribution in [-0.4, -0.2) is 51.0 Å². The summed E-state index contributed by atoms with van der Waals surface area (Å²) in [7, 11) is 3.59. The summed E-state index contributed by atoms with van der Waals surface area (Å²) in [4.78, 5) is 28.4. The Morgan fingerprint density at radius 3 is 2.96 bits per heavy atom. The average molecular weight is 316 g/mol. The fraction of sp³-hybridized carbons (Fsp3) is 0.438. The van der Waals surface area contributed by atoms with Gasteiger partial charge in [0, 0.05) is 38.9 Å². The molecule has 1 atom stereocenters. The zero-order valence-electron chi connectivity index (χ0n) is 13.3. The van der Waals surface area contributed by atoms with E-state index in [1.807, 2.05) is 13.2 Å². The summed E-state index contributed by atoms with van der Waals surface area (Å²) in [5.41, 5.74) is 0.963. The molecule has 2 aromatic rings. The summed E-state index contributed by atoms with van der Waals surface area (Å²) in [6.45, 7) is 1.06. The Kier molecular flexibility index (Phi) is 4.18. The number of carbonyl (C=O) groups is 2. The number of carbonyl (C=O) groups excluding carboxylic acids is 2. The Bertz CT molecular complexity index is 692. The molecule has 122 valence electrons. The van der Waals surface area contributed by atoms with Crippen molar-refractivity contribution in [3.63, 3.8) is 0 Å². The van der Waals surface area contributed by atoms with E-state index in [0.717, 1.165) is 12.0 Å². The number of rotatable bonds is 4. The number of hydrogen-bond donors (Lipinski definition) is 0. The molecule has 1 unspecified atom stereocenters. The maximum Gasteiger partial charge on any atom is 0.290 e. The summed E-state index contributed by atoms with van der Waals surface area (Å²) in [5, 5.41) is 4.11. The van der Waals surface area contributed by atoms with Gasteiger partial charge in [0.15, 0.2) is 5.76 Å². The Labute approximate surface area is 134 Å². The standard InChI is InChI=1S/C16H20N4O3/c1-18(10-12-9-17-19(2)11-12)15(21)13-5-3-7-20(13)16(22)14-6-4-8-23-14/h4,6,8-9,11,13H,3,5,7,10H2,1-2H3. The van der Waals surface area contributed by atoms with Crippen molar-refractivity contribution < 1.29 is 14.0 Å². The first-order chi connectivity index (χ1) is 11.1. The Hall–Kier alpha value is -2.57. The fourth-order valence-corrected chi connectivity index (χ4v) is 2.97. The Balaban J connectivity index is 1.69. The van der Waals surface area contributed by atoms with Gasteiger partial charge in [0.2, 0.25) is 5.91 Å². The lowest BCUT2D eigenvalue weighted by atomic mass is 10.2. The zero-order chi connectivity index (χ0) is 16.4. The van der Waals surface area contributed by atoms with Crippen molar-refractivity contribution in [1.82, 2.24) is 19.6 Å². The van der Waals surface area contributed by atoms with Crippen LogP contribution >= 0.6 is 0 Å². The molecule has 3 heterocycles. The molecule has 7 nitrogen and oxygen atoms in total. The van der Waals surface area contributed by atoms with Gasteiger partial charge in [-0.25, -0.2) is 0 Å². The molecule has 2 amide bonds. The predicted molar refractivity (Wildman–Crippen MR) is 82.4 cm³/mol. The van der Waals surface area contributed by atoms with Gasteiger partial charge in [0.05, 0.1) is 12.5 Å². The third-order valence-corrected chi connectivity index (χ3v) is 4.09. The summed E-state index contributed by atoms with van der Waals surface area (Å²) < 4.78 is 6.87. The van der Waals surface area contributed by atoms with Gasteiger partial charge < -0.3 is 14.2 Å². The first-order valence-corrected chi connectivity index (χ1v) is 7.63. The third kappa shape index (κ3) is 3.13. The Morgan fingerprint density at radius 1 is 1.48 bits per heavy atom. The molecule has 0 N–H and O–H groups in total. The summed E-state index contributed by atoms with van der Waals surface area (Å²) >= 11 is 0. The SMILES string of the molecule is CN(Cc1cnn(C)c1)C(=O)C1CCCN1C(=O)c1ccco1. The van der Waals surface area contributed by atoms with Crippen LogP contribution < -0.4 is 0 Å². The average Bonchev–Trinajstić information content (AvgIpc) is 3.27. The molecule has 1 aliphatic rings. The van der Waals surface area contributed by atoms with E-state index in [-0.39, 0.29) is 17.6 Å². The molecule has 1 fully saturated rings. The number of likely N-dealkylation sites (tertiary alicyclic amines) is 1. The number of likely N-dealkylation sites (N-methyl/N-ethyl adjacent to an activating group) is 1. The maximum absolute atomic E-state index is 12.7. The van der Waals surface area contributed by atoms with Gasteiger partial charge in [0.1, 0.15) is 6.04 Å². The van der Waals surface area contributed by atoms with Crippen LogP contribution in [0.3, 0.4) is 0 Å². The molecule has 1 aliphatic heterocycles. The summed E-state index contributed by atoms with van der Waals surface area (Å²) in [6, 6.07) is 2.88. The first kappa shape index (κ1) is 15.3. The lowest BCUT2D eigenvalue weighted by Gasteiger charge is -2.27.